The number of hydrogen-bond acceptors (Lipinski definition) is 2. The highest BCUT2D eigenvalue weighted by atomic mass is 14.8. The van der Waals surface area contributed by atoms with Crippen LogP contribution in [0.1, 0.15) is 46.0 Å². The molecular weight excluding hydrogens is 160 g/mol. The quantitative estimate of drug-likeness (QED) is 0.596. The molecule has 1 aliphatic carbocycles. The number of aliphatic imine (C=N–C) groups is 2. The Labute approximate surface area is 81.2 Å². The Morgan fingerprint density at radius 3 is 2.54 bits per heavy atom. The van der Waals surface area contributed by atoms with Gasteiger partial charge in [0.2, 0.25) is 0 Å². The molecule has 0 spiro atoms. The van der Waals surface area contributed by atoms with Crippen LogP contribution in [-0.2, 0) is 0 Å². The first kappa shape index (κ1) is 10.5. The molecule has 74 valence electrons. The summed E-state index contributed by atoms with van der Waals surface area (Å²) in [6.45, 7) is 5.17. The zero-order chi connectivity index (χ0) is 9.52. The van der Waals surface area contributed by atoms with Crippen molar-refractivity contribution in [3.8, 4) is 0 Å². The third kappa shape index (κ3) is 4.84. The summed E-state index contributed by atoms with van der Waals surface area (Å²) in [5.74, 6) is 0.619. The fourth-order valence-electron chi connectivity index (χ4n) is 1.56. The van der Waals surface area contributed by atoms with Gasteiger partial charge in [0.25, 0.3) is 0 Å². The van der Waals surface area contributed by atoms with Crippen molar-refractivity contribution < 1.29 is 0 Å². The van der Waals surface area contributed by atoms with E-state index < -0.39 is 0 Å². The second kappa shape index (κ2) is 5.93. The smallest absolute Gasteiger partial charge is 0.0895 e. The summed E-state index contributed by atoms with van der Waals surface area (Å²) in [6, 6.07) is 3.35. The van der Waals surface area contributed by atoms with E-state index in [2.05, 4.69) is 29.8 Å². The Bertz CT molecular complexity index is 184. The minimum Gasteiger partial charge on any atom is -0.225 e. The van der Waals surface area contributed by atoms with Gasteiger partial charge in [-0.3, -0.25) is 0 Å². The van der Waals surface area contributed by atoms with Gasteiger partial charge in [-0.15, -0.1) is 0 Å². The van der Waals surface area contributed by atoms with E-state index in [4.69, 9.17) is 0 Å². The number of rotatable bonds is 3. The lowest BCUT2D eigenvalue weighted by atomic mass is 9.96. The molecule has 0 aliphatic heterocycles. The van der Waals surface area contributed by atoms with Crippen molar-refractivity contribution >= 4 is 6.01 Å². The zero-order valence-corrected chi connectivity index (χ0v) is 8.79. The fourth-order valence-corrected chi connectivity index (χ4v) is 1.56. The van der Waals surface area contributed by atoms with Gasteiger partial charge in [0, 0.05) is 0 Å². The van der Waals surface area contributed by atoms with Crippen LogP contribution in [0.3, 0.4) is 0 Å². The first-order chi connectivity index (χ1) is 6.29. The van der Waals surface area contributed by atoms with Gasteiger partial charge < -0.3 is 0 Å². The molecular formula is C11H20N2. The first-order valence-electron chi connectivity index (χ1n) is 5.40. The molecule has 2 nitrogen and oxygen atoms in total. The van der Waals surface area contributed by atoms with E-state index >= 15 is 0 Å². The summed E-state index contributed by atoms with van der Waals surface area (Å²) in [5.41, 5.74) is 0. The van der Waals surface area contributed by atoms with Crippen LogP contribution in [0.4, 0.5) is 0 Å². The van der Waals surface area contributed by atoms with E-state index in [1.54, 1.807) is 0 Å². The molecule has 2 heteroatoms. The van der Waals surface area contributed by atoms with Gasteiger partial charge >= 0.3 is 0 Å². The molecule has 0 aromatic rings. The lowest BCUT2D eigenvalue weighted by Gasteiger charge is -2.15. The maximum atomic E-state index is 4.34. The lowest BCUT2D eigenvalue weighted by Crippen LogP contribution is -2.08. The third-order valence-electron chi connectivity index (χ3n) is 2.34. The molecule has 0 heterocycles. The molecule has 0 saturated heterocycles. The van der Waals surface area contributed by atoms with Crippen molar-refractivity contribution in [2.24, 2.45) is 15.9 Å². The Morgan fingerprint density at radius 2 is 1.92 bits per heavy atom. The topological polar surface area (TPSA) is 24.7 Å². The molecule has 0 amide bonds. The van der Waals surface area contributed by atoms with Crippen LogP contribution in [0.15, 0.2) is 9.98 Å². The molecule has 0 unspecified atom stereocenters. The Balaban J connectivity index is 2.24. The first-order valence-corrected chi connectivity index (χ1v) is 5.40. The maximum absolute atomic E-state index is 4.34. The number of hydrogen-bond donors (Lipinski definition) is 0. The van der Waals surface area contributed by atoms with E-state index in [1.165, 1.54) is 32.1 Å². The monoisotopic (exact) mass is 180 g/mol. The molecule has 1 rings (SSSR count). The number of nitrogens with zero attached hydrogens (tertiary/aromatic N) is 2. The molecule has 0 aromatic heterocycles. The van der Waals surface area contributed by atoms with Crippen LogP contribution in [0, 0.1) is 5.92 Å². The van der Waals surface area contributed by atoms with Gasteiger partial charge in [0.15, 0.2) is 0 Å². The largest absolute Gasteiger partial charge is 0.225 e. The van der Waals surface area contributed by atoms with Crippen molar-refractivity contribution in [2.75, 3.05) is 6.54 Å². The average molecular weight is 180 g/mol. The van der Waals surface area contributed by atoms with E-state index in [0.717, 1.165) is 6.54 Å². The predicted octanol–water partition coefficient (Wildman–Crippen LogP) is 3.15. The average Bonchev–Trinajstić information content (AvgIpc) is 2.14. The normalized spacial score (nSPS) is 18.4. The SMILES string of the molecule is CC(C)CN=C=NC1CCCCC1. The summed E-state index contributed by atoms with van der Waals surface area (Å²) in [7, 11) is 0. The molecule has 1 aliphatic rings. The van der Waals surface area contributed by atoms with Crippen LogP contribution in [-0.4, -0.2) is 18.6 Å². The van der Waals surface area contributed by atoms with E-state index in [0.29, 0.717) is 12.0 Å². The van der Waals surface area contributed by atoms with Crippen molar-refractivity contribution in [3.05, 3.63) is 0 Å². The van der Waals surface area contributed by atoms with Crippen LogP contribution in [0.25, 0.3) is 0 Å². The van der Waals surface area contributed by atoms with E-state index in [1.807, 2.05) is 0 Å². The summed E-state index contributed by atoms with van der Waals surface area (Å²) in [4.78, 5) is 8.49. The molecule has 0 N–H and O–H groups in total. The van der Waals surface area contributed by atoms with E-state index in [-0.39, 0.29) is 0 Å². The summed E-state index contributed by atoms with van der Waals surface area (Å²) in [5, 5.41) is 0. The lowest BCUT2D eigenvalue weighted by molar-refractivity contribution is 0.444. The Hall–Kier alpha value is -0.620. The minimum atomic E-state index is 0.518. The Kier molecular flexibility index (Phi) is 4.77. The molecule has 0 radical (unpaired) electrons. The Morgan fingerprint density at radius 1 is 1.23 bits per heavy atom. The van der Waals surface area contributed by atoms with Gasteiger partial charge in [-0.25, -0.2) is 9.98 Å². The van der Waals surface area contributed by atoms with Gasteiger partial charge in [-0.1, -0.05) is 33.1 Å². The minimum absolute atomic E-state index is 0.518. The van der Waals surface area contributed by atoms with Gasteiger partial charge in [0.05, 0.1) is 18.6 Å². The summed E-state index contributed by atoms with van der Waals surface area (Å²) < 4.78 is 0. The van der Waals surface area contributed by atoms with Gasteiger partial charge in [-0.2, -0.15) is 0 Å². The summed E-state index contributed by atoms with van der Waals surface area (Å²) in [6.07, 6.45) is 6.53. The molecule has 13 heavy (non-hydrogen) atoms. The maximum Gasteiger partial charge on any atom is 0.0895 e. The predicted molar refractivity (Wildman–Crippen MR) is 56.4 cm³/mol. The van der Waals surface area contributed by atoms with Crippen molar-refractivity contribution in [3.63, 3.8) is 0 Å². The molecule has 1 saturated carbocycles. The van der Waals surface area contributed by atoms with E-state index in [9.17, 15) is 0 Å². The second-order valence-corrected chi connectivity index (χ2v) is 4.26. The van der Waals surface area contributed by atoms with Gasteiger partial charge in [0.1, 0.15) is 0 Å². The van der Waals surface area contributed by atoms with Gasteiger partial charge in [-0.05, 0) is 18.8 Å². The molecule has 0 bridgehead atoms. The van der Waals surface area contributed by atoms with Crippen molar-refractivity contribution in [1.29, 1.82) is 0 Å². The second-order valence-electron chi connectivity index (χ2n) is 4.26. The highest BCUT2D eigenvalue weighted by Crippen LogP contribution is 2.19. The molecule has 0 aromatic carbocycles. The molecule has 1 fully saturated rings. The van der Waals surface area contributed by atoms with Crippen LogP contribution in [0.2, 0.25) is 0 Å². The van der Waals surface area contributed by atoms with Crippen molar-refractivity contribution in [1.82, 2.24) is 0 Å². The van der Waals surface area contributed by atoms with Crippen LogP contribution in [0.5, 0.6) is 0 Å². The van der Waals surface area contributed by atoms with Crippen LogP contribution < -0.4 is 0 Å². The summed E-state index contributed by atoms with van der Waals surface area (Å²) >= 11 is 0. The van der Waals surface area contributed by atoms with Crippen LogP contribution >= 0.6 is 0 Å². The standard InChI is InChI=1S/C11H20N2/c1-10(2)8-12-9-13-11-6-4-3-5-7-11/h10-11H,3-8H2,1-2H3. The highest BCUT2D eigenvalue weighted by Gasteiger charge is 2.10. The molecule has 0 atom stereocenters. The fraction of sp³-hybridized carbons (Fsp3) is 0.909. The third-order valence-corrected chi connectivity index (χ3v) is 2.34. The zero-order valence-electron chi connectivity index (χ0n) is 8.79. The highest BCUT2D eigenvalue weighted by molar-refractivity contribution is 5.41. The van der Waals surface area contributed by atoms with Crippen molar-refractivity contribution in [2.45, 2.75) is 52.0 Å².